The number of nitrogens with two attached hydrogens (primary N) is 1. The fourth-order valence-corrected chi connectivity index (χ4v) is 3.30. The first kappa shape index (κ1) is 15.7. The van der Waals surface area contributed by atoms with Crippen molar-refractivity contribution in [3.63, 3.8) is 0 Å². The Morgan fingerprint density at radius 1 is 1.09 bits per heavy atom. The first-order valence-corrected chi connectivity index (χ1v) is 7.92. The molecule has 2 aromatic carbocycles. The third-order valence-electron chi connectivity index (χ3n) is 4.68. The Morgan fingerprint density at radius 3 is 2.39 bits per heavy atom. The van der Waals surface area contributed by atoms with Gasteiger partial charge in [-0.05, 0) is 60.8 Å². The minimum absolute atomic E-state index is 0.335. The number of fused-ring (bicyclic) bond motifs is 1. The van der Waals surface area contributed by atoms with Gasteiger partial charge >= 0.3 is 0 Å². The zero-order valence-electron chi connectivity index (χ0n) is 14.0. The summed E-state index contributed by atoms with van der Waals surface area (Å²) in [5, 5.41) is 0. The van der Waals surface area contributed by atoms with E-state index in [0.29, 0.717) is 6.04 Å². The molecule has 0 fully saturated rings. The lowest BCUT2D eigenvalue weighted by molar-refractivity contribution is 0.228. The lowest BCUT2D eigenvalue weighted by Crippen LogP contribution is -2.33. The highest BCUT2D eigenvalue weighted by molar-refractivity contribution is 5.50. The standard InChI is InChI=1S/C19H24N2O2/c1-21-9-8-14-11-18(22-2)19(23-3)12-16(14)17(21)10-13-4-6-15(20)7-5-13/h4-7,11-12,17H,8-10,20H2,1-3H3/t17-/m1/s1. The summed E-state index contributed by atoms with van der Waals surface area (Å²) in [4.78, 5) is 2.41. The molecule has 1 atom stereocenters. The maximum absolute atomic E-state index is 5.79. The van der Waals surface area contributed by atoms with Crippen LogP contribution in [0.15, 0.2) is 36.4 Å². The molecular weight excluding hydrogens is 288 g/mol. The number of rotatable bonds is 4. The largest absolute Gasteiger partial charge is 0.493 e. The summed E-state index contributed by atoms with van der Waals surface area (Å²) < 4.78 is 10.9. The van der Waals surface area contributed by atoms with E-state index >= 15 is 0 Å². The predicted molar refractivity (Wildman–Crippen MR) is 93.2 cm³/mol. The molecule has 3 rings (SSSR count). The summed E-state index contributed by atoms with van der Waals surface area (Å²) in [6.07, 6.45) is 1.99. The highest BCUT2D eigenvalue weighted by Gasteiger charge is 2.26. The van der Waals surface area contributed by atoms with Gasteiger partial charge < -0.3 is 15.2 Å². The molecule has 0 unspecified atom stereocenters. The van der Waals surface area contributed by atoms with Gasteiger partial charge in [-0.3, -0.25) is 4.90 Å². The average Bonchev–Trinajstić information content (AvgIpc) is 2.58. The molecule has 0 aromatic heterocycles. The molecule has 2 aromatic rings. The van der Waals surface area contributed by atoms with Gasteiger partial charge in [0.05, 0.1) is 14.2 Å². The summed E-state index contributed by atoms with van der Waals surface area (Å²) in [5.74, 6) is 1.60. The molecule has 0 spiro atoms. The van der Waals surface area contributed by atoms with Gasteiger partial charge in [-0.15, -0.1) is 0 Å². The highest BCUT2D eigenvalue weighted by Crippen LogP contribution is 2.38. The second-order valence-corrected chi connectivity index (χ2v) is 6.10. The van der Waals surface area contributed by atoms with E-state index in [2.05, 4.69) is 36.2 Å². The summed E-state index contributed by atoms with van der Waals surface area (Å²) in [5.41, 5.74) is 10.6. The fraction of sp³-hybridized carbons (Fsp3) is 0.368. The molecule has 0 amide bonds. The lowest BCUT2D eigenvalue weighted by Gasteiger charge is -2.35. The Bertz CT molecular complexity index is 683. The van der Waals surface area contributed by atoms with E-state index in [9.17, 15) is 0 Å². The quantitative estimate of drug-likeness (QED) is 0.882. The Hall–Kier alpha value is -2.20. The van der Waals surface area contributed by atoms with E-state index in [1.54, 1.807) is 14.2 Å². The number of benzene rings is 2. The zero-order valence-corrected chi connectivity index (χ0v) is 14.0. The van der Waals surface area contributed by atoms with Crippen molar-refractivity contribution in [2.75, 3.05) is 33.5 Å². The molecule has 4 nitrogen and oxygen atoms in total. The van der Waals surface area contributed by atoms with Gasteiger partial charge in [-0.2, -0.15) is 0 Å². The molecule has 0 aliphatic carbocycles. The molecule has 1 aliphatic heterocycles. The Kier molecular flexibility index (Phi) is 4.44. The van der Waals surface area contributed by atoms with E-state index in [1.807, 2.05) is 12.1 Å². The molecule has 4 heteroatoms. The SMILES string of the molecule is COc1cc2c(cc1OC)[C@@H](Cc1ccc(N)cc1)N(C)CC2. The Labute approximate surface area is 137 Å². The van der Waals surface area contributed by atoms with Crippen LogP contribution in [0.25, 0.3) is 0 Å². The maximum atomic E-state index is 5.79. The van der Waals surface area contributed by atoms with Crippen molar-refractivity contribution in [3.05, 3.63) is 53.1 Å². The fourth-order valence-electron chi connectivity index (χ4n) is 3.30. The third kappa shape index (κ3) is 3.13. The molecule has 0 saturated carbocycles. The normalized spacial score (nSPS) is 17.6. The van der Waals surface area contributed by atoms with Gasteiger partial charge in [0.1, 0.15) is 0 Å². The molecule has 0 radical (unpaired) electrons. The van der Waals surface area contributed by atoms with Crippen LogP contribution in [0.1, 0.15) is 22.7 Å². The van der Waals surface area contributed by atoms with Gasteiger partial charge in [0.2, 0.25) is 0 Å². The van der Waals surface area contributed by atoms with E-state index in [4.69, 9.17) is 15.2 Å². The van der Waals surface area contributed by atoms with Crippen LogP contribution >= 0.6 is 0 Å². The summed E-state index contributed by atoms with van der Waals surface area (Å²) >= 11 is 0. The van der Waals surface area contributed by atoms with Crippen LogP contribution < -0.4 is 15.2 Å². The summed E-state index contributed by atoms with van der Waals surface area (Å²) in [7, 11) is 5.55. The molecule has 23 heavy (non-hydrogen) atoms. The molecule has 1 aliphatic rings. The van der Waals surface area contributed by atoms with Crippen molar-refractivity contribution in [3.8, 4) is 11.5 Å². The van der Waals surface area contributed by atoms with Crippen LogP contribution in [0, 0.1) is 0 Å². The Balaban J connectivity index is 1.96. The number of nitrogen functional groups attached to an aromatic ring is 1. The van der Waals surface area contributed by atoms with Crippen LogP contribution in [0.3, 0.4) is 0 Å². The molecular formula is C19H24N2O2. The Morgan fingerprint density at radius 2 is 1.74 bits per heavy atom. The van der Waals surface area contributed by atoms with E-state index < -0.39 is 0 Å². The van der Waals surface area contributed by atoms with E-state index in [1.165, 1.54) is 16.7 Å². The average molecular weight is 312 g/mol. The number of hydrogen-bond acceptors (Lipinski definition) is 4. The van der Waals surface area contributed by atoms with Crippen molar-refractivity contribution >= 4 is 5.69 Å². The van der Waals surface area contributed by atoms with Gasteiger partial charge in [-0.25, -0.2) is 0 Å². The number of ether oxygens (including phenoxy) is 2. The topological polar surface area (TPSA) is 47.7 Å². The molecule has 0 bridgehead atoms. The van der Waals surface area contributed by atoms with Crippen molar-refractivity contribution < 1.29 is 9.47 Å². The van der Waals surface area contributed by atoms with Gasteiger partial charge in [0, 0.05) is 18.3 Å². The zero-order chi connectivity index (χ0) is 16.4. The number of methoxy groups -OCH3 is 2. The van der Waals surface area contributed by atoms with Gasteiger partial charge in [0.15, 0.2) is 11.5 Å². The summed E-state index contributed by atoms with van der Waals surface area (Å²) in [6.45, 7) is 1.04. The second kappa shape index (κ2) is 6.50. The second-order valence-electron chi connectivity index (χ2n) is 6.10. The number of nitrogens with zero attached hydrogens (tertiary/aromatic N) is 1. The van der Waals surface area contributed by atoms with Crippen molar-refractivity contribution in [2.45, 2.75) is 18.9 Å². The van der Waals surface area contributed by atoms with E-state index in [0.717, 1.165) is 36.6 Å². The third-order valence-corrected chi connectivity index (χ3v) is 4.68. The predicted octanol–water partition coefficient (Wildman–Crippen LogP) is 3.06. The first-order valence-electron chi connectivity index (χ1n) is 7.92. The van der Waals surface area contributed by atoms with Crippen molar-refractivity contribution in [1.82, 2.24) is 4.90 Å². The molecule has 122 valence electrons. The molecule has 2 N–H and O–H groups in total. The van der Waals surface area contributed by atoms with Crippen LogP contribution in [0.4, 0.5) is 5.69 Å². The minimum atomic E-state index is 0.335. The minimum Gasteiger partial charge on any atom is -0.493 e. The monoisotopic (exact) mass is 312 g/mol. The van der Waals surface area contributed by atoms with Gasteiger partial charge in [-0.1, -0.05) is 12.1 Å². The van der Waals surface area contributed by atoms with Gasteiger partial charge in [0.25, 0.3) is 0 Å². The van der Waals surface area contributed by atoms with Crippen molar-refractivity contribution in [1.29, 1.82) is 0 Å². The smallest absolute Gasteiger partial charge is 0.161 e. The lowest BCUT2D eigenvalue weighted by atomic mass is 9.88. The van der Waals surface area contributed by atoms with Crippen LogP contribution in [-0.4, -0.2) is 32.7 Å². The van der Waals surface area contributed by atoms with Crippen LogP contribution in [0.2, 0.25) is 0 Å². The summed E-state index contributed by atoms with van der Waals surface area (Å²) in [6, 6.07) is 12.7. The maximum Gasteiger partial charge on any atom is 0.161 e. The van der Waals surface area contributed by atoms with Crippen LogP contribution in [-0.2, 0) is 12.8 Å². The van der Waals surface area contributed by atoms with Crippen LogP contribution in [0.5, 0.6) is 11.5 Å². The number of anilines is 1. The highest BCUT2D eigenvalue weighted by atomic mass is 16.5. The first-order chi connectivity index (χ1) is 11.1. The number of likely N-dealkylation sites (N-methyl/N-ethyl adjacent to an activating group) is 1. The number of hydrogen-bond donors (Lipinski definition) is 1. The molecule has 1 heterocycles. The van der Waals surface area contributed by atoms with Crippen molar-refractivity contribution in [2.24, 2.45) is 0 Å². The molecule has 0 saturated heterocycles. The van der Waals surface area contributed by atoms with E-state index in [-0.39, 0.29) is 0 Å².